The van der Waals surface area contributed by atoms with E-state index in [1.165, 1.54) is 11.3 Å². The summed E-state index contributed by atoms with van der Waals surface area (Å²) in [7, 11) is 0. The smallest absolute Gasteiger partial charge is 0.168 e. The van der Waals surface area contributed by atoms with Crippen LogP contribution in [0.2, 0.25) is 0 Å². The Balaban J connectivity index is 2.04. The monoisotopic (exact) mass is 298 g/mol. The fraction of sp³-hybridized carbons (Fsp3) is 0.250. The molecule has 0 saturated heterocycles. The number of benzene rings is 1. The minimum absolute atomic E-state index is 0.536. The maximum Gasteiger partial charge on any atom is 0.168 e. The molecule has 0 bridgehead atoms. The zero-order chi connectivity index (χ0) is 14.7. The van der Waals surface area contributed by atoms with Gasteiger partial charge in [0.05, 0.1) is 18.8 Å². The molecule has 0 unspecified atom stereocenters. The summed E-state index contributed by atoms with van der Waals surface area (Å²) in [4.78, 5) is 4.36. The van der Waals surface area contributed by atoms with Crippen LogP contribution in [0.3, 0.4) is 0 Å². The number of thiazole rings is 1. The second kappa shape index (κ2) is 5.98. The van der Waals surface area contributed by atoms with Crippen molar-refractivity contribution in [1.82, 2.24) is 4.98 Å². The van der Waals surface area contributed by atoms with Crippen molar-refractivity contribution in [2.45, 2.75) is 13.3 Å². The third kappa shape index (κ3) is 2.91. The number of nitrogens with zero attached hydrogens (tertiary/aromatic N) is 2. The maximum atomic E-state index is 9.39. The molecule has 0 atom stereocenters. The summed E-state index contributed by atoms with van der Waals surface area (Å²) in [5.74, 6) is 1.44. The number of hydrogen-bond donors (Lipinski definition) is 0. The minimum Gasteiger partial charge on any atom is -0.490 e. The predicted octanol–water partition coefficient (Wildman–Crippen LogP) is 3.68. The van der Waals surface area contributed by atoms with E-state index >= 15 is 0 Å². The van der Waals surface area contributed by atoms with Gasteiger partial charge in [0.25, 0.3) is 0 Å². The third-order valence-electron chi connectivity index (χ3n) is 3.07. The summed E-state index contributed by atoms with van der Waals surface area (Å²) in [5.41, 5.74) is 2.30. The quantitative estimate of drug-likeness (QED) is 0.794. The molecule has 2 aromatic rings. The molecule has 0 amide bonds. The van der Waals surface area contributed by atoms with E-state index in [4.69, 9.17) is 9.47 Å². The van der Waals surface area contributed by atoms with Crippen LogP contribution in [0, 0.1) is 18.3 Å². The van der Waals surface area contributed by atoms with Crippen LogP contribution in [0.1, 0.15) is 22.7 Å². The molecule has 4 nitrogen and oxygen atoms in total. The normalized spacial score (nSPS) is 14.4. The molecule has 1 aliphatic heterocycles. The van der Waals surface area contributed by atoms with Crippen LogP contribution >= 0.6 is 11.3 Å². The topological polar surface area (TPSA) is 55.1 Å². The zero-order valence-electron chi connectivity index (χ0n) is 11.6. The SMILES string of the molecule is Cc1csc(C(C#N)=Cc2cccc3c2OCCCO3)n1. The average Bonchev–Trinajstić information content (AvgIpc) is 2.78. The Morgan fingerprint density at radius 3 is 3.00 bits per heavy atom. The van der Waals surface area contributed by atoms with Crippen LogP contribution in [0.5, 0.6) is 11.5 Å². The van der Waals surface area contributed by atoms with Gasteiger partial charge in [-0.15, -0.1) is 11.3 Å². The second-order valence-corrected chi connectivity index (χ2v) is 5.55. The van der Waals surface area contributed by atoms with Gasteiger partial charge >= 0.3 is 0 Å². The van der Waals surface area contributed by atoms with Crippen molar-refractivity contribution in [3.63, 3.8) is 0 Å². The van der Waals surface area contributed by atoms with Crippen LogP contribution in [-0.2, 0) is 0 Å². The summed E-state index contributed by atoms with van der Waals surface area (Å²) in [6, 6.07) is 7.93. The van der Waals surface area contributed by atoms with Crippen LogP contribution in [0.15, 0.2) is 23.6 Å². The molecule has 5 heteroatoms. The third-order valence-corrected chi connectivity index (χ3v) is 4.07. The molecule has 0 aliphatic carbocycles. The summed E-state index contributed by atoms with van der Waals surface area (Å²) in [5, 5.41) is 12.0. The van der Waals surface area contributed by atoms with Gasteiger partial charge in [-0.05, 0) is 19.1 Å². The largest absolute Gasteiger partial charge is 0.490 e. The number of aryl methyl sites for hydroxylation is 1. The Hall–Kier alpha value is -2.32. The molecule has 1 aromatic carbocycles. The van der Waals surface area contributed by atoms with Gasteiger partial charge in [0.15, 0.2) is 11.5 Å². The highest BCUT2D eigenvalue weighted by Crippen LogP contribution is 2.35. The Morgan fingerprint density at radius 1 is 1.38 bits per heavy atom. The fourth-order valence-electron chi connectivity index (χ4n) is 2.10. The van der Waals surface area contributed by atoms with E-state index < -0.39 is 0 Å². The van der Waals surface area contributed by atoms with E-state index in [9.17, 15) is 5.26 Å². The lowest BCUT2D eigenvalue weighted by Crippen LogP contribution is -1.98. The molecule has 0 radical (unpaired) electrons. The lowest BCUT2D eigenvalue weighted by Gasteiger charge is -2.10. The molecule has 0 N–H and O–H groups in total. The molecular weight excluding hydrogens is 284 g/mol. The first kappa shape index (κ1) is 13.7. The molecular formula is C16H14N2O2S. The minimum atomic E-state index is 0.536. The number of hydrogen-bond acceptors (Lipinski definition) is 5. The number of para-hydroxylation sites is 1. The standard InChI is InChI=1S/C16H14N2O2S/c1-11-10-21-16(18-11)13(9-17)8-12-4-2-5-14-15(12)20-7-3-6-19-14/h2,4-5,8,10H,3,6-7H2,1H3. The van der Waals surface area contributed by atoms with Crippen molar-refractivity contribution >= 4 is 23.0 Å². The van der Waals surface area contributed by atoms with Gasteiger partial charge in [-0.3, -0.25) is 0 Å². The van der Waals surface area contributed by atoms with E-state index in [0.29, 0.717) is 24.5 Å². The highest BCUT2D eigenvalue weighted by atomic mass is 32.1. The van der Waals surface area contributed by atoms with Crippen molar-refractivity contribution in [1.29, 1.82) is 5.26 Å². The van der Waals surface area contributed by atoms with Gasteiger partial charge in [0, 0.05) is 23.1 Å². The van der Waals surface area contributed by atoms with Gasteiger partial charge in [0.1, 0.15) is 11.1 Å². The fourth-order valence-corrected chi connectivity index (χ4v) is 2.87. The molecule has 2 heterocycles. The van der Waals surface area contributed by atoms with E-state index in [-0.39, 0.29) is 0 Å². The predicted molar refractivity (Wildman–Crippen MR) is 82.4 cm³/mol. The number of ether oxygens (including phenoxy) is 2. The molecule has 1 aromatic heterocycles. The molecule has 0 spiro atoms. The van der Waals surface area contributed by atoms with Gasteiger partial charge in [-0.2, -0.15) is 5.26 Å². The lowest BCUT2D eigenvalue weighted by atomic mass is 10.1. The number of nitriles is 1. The van der Waals surface area contributed by atoms with Gasteiger partial charge in [-0.1, -0.05) is 12.1 Å². The molecule has 1 aliphatic rings. The summed E-state index contributed by atoms with van der Waals surface area (Å²) < 4.78 is 11.4. The van der Waals surface area contributed by atoms with Gasteiger partial charge < -0.3 is 9.47 Å². The van der Waals surface area contributed by atoms with Gasteiger partial charge in [0.2, 0.25) is 0 Å². The number of aromatic nitrogens is 1. The first-order valence-corrected chi connectivity index (χ1v) is 7.59. The highest BCUT2D eigenvalue weighted by Gasteiger charge is 2.14. The number of allylic oxidation sites excluding steroid dienone is 1. The number of rotatable bonds is 2. The Labute approximate surface area is 127 Å². The molecule has 3 rings (SSSR count). The molecule has 0 fully saturated rings. The summed E-state index contributed by atoms with van der Waals surface area (Å²) >= 11 is 1.47. The highest BCUT2D eigenvalue weighted by molar-refractivity contribution is 7.11. The second-order valence-electron chi connectivity index (χ2n) is 4.69. The summed E-state index contributed by atoms with van der Waals surface area (Å²) in [6.45, 7) is 3.19. The van der Waals surface area contributed by atoms with Gasteiger partial charge in [-0.25, -0.2) is 4.98 Å². The Kier molecular flexibility index (Phi) is 3.89. The van der Waals surface area contributed by atoms with Crippen molar-refractivity contribution in [2.75, 3.05) is 13.2 Å². The zero-order valence-corrected chi connectivity index (χ0v) is 12.4. The number of fused-ring (bicyclic) bond motifs is 1. The van der Waals surface area contributed by atoms with Crippen molar-refractivity contribution < 1.29 is 9.47 Å². The van der Waals surface area contributed by atoms with Crippen molar-refractivity contribution in [3.8, 4) is 17.6 Å². The molecule has 0 saturated carbocycles. The molecule has 21 heavy (non-hydrogen) atoms. The van der Waals surface area contributed by atoms with Crippen LogP contribution in [0.25, 0.3) is 11.6 Å². The average molecular weight is 298 g/mol. The van der Waals surface area contributed by atoms with E-state index in [0.717, 1.165) is 28.4 Å². The van der Waals surface area contributed by atoms with Crippen molar-refractivity contribution in [2.24, 2.45) is 0 Å². The Morgan fingerprint density at radius 2 is 2.24 bits per heavy atom. The van der Waals surface area contributed by atoms with E-state index in [2.05, 4.69) is 11.1 Å². The first-order chi connectivity index (χ1) is 10.3. The van der Waals surface area contributed by atoms with E-state index in [1.54, 1.807) is 0 Å². The van der Waals surface area contributed by atoms with E-state index in [1.807, 2.05) is 36.6 Å². The first-order valence-electron chi connectivity index (χ1n) is 6.71. The van der Waals surface area contributed by atoms with Crippen molar-refractivity contribution in [3.05, 3.63) is 39.8 Å². The Bertz CT molecular complexity index is 728. The molecule has 106 valence electrons. The summed E-state index contributed by atoms with van der Waals surface area (Å²) in [6.07, 6.45) is 2.67. The van der Waals surface area contributed by atoms with Crippen LogP contribution in [0.4, 0.5) is 0 Å². The van der Waals surface area contributed by atoms with Crippen LogP contribution in [-0.4, -0.2) is 18.2 Å². The maximum absolute atomic E-state index is 9.39. The van der Waals surface area contributed by atoms with Crippen LogP contribution < -0.4 is 9.47 Å². The lowest BCUT2D eigenvalue weighted by molar-refractivity contribution is 0.296.